The maximum atomic E-state index is 11.3. The van der Waals surface area contributed by atoms with Crippen molar-refractivity contribution in [2.45, 2.75) is 0 Å². The molecule has 0 atom stereocenters. The molecule has 2 rings (SSSR count). The summed E-state index contributed by atoms with van der Waals surface area (Å²) >= 11 is 0. The predicted octanol–water partition coefficient (Wildman–Crippen LogP) is -1.38. The van der Waals surface area contributed by atoms with Crippen molar-refractivity contribution < 1.29 is 9.59 Å². The van der Waals surface area contributed by atoms with E-state index in [0.717, 1.165) is 0 Å². The first-order valence-electron chi connectivity index (χ1n) is 3.97. The zero-order chi connectivity index (χ0) is 10.1. The number of carbonyl (C=O) groups is 2. The molecule has 70 valence electrons. The molecule has 0 fully saturated rings. The second-order valence-corrected chi connectivity index (χ2v) is 2.80. The SMILES string of the molecule is NC(=O)NC1=c2ccccc2=NC1=O. The van der Waals surface area contributed by atoms with E-state index in [9.17, 15) is 9.59 Å². The van der Waals surface area contributed by atoms with Gasteiger partial charge in [0.2, 0.25) is 0 Å². The summed E-state index contributed by atoms with van der Waals surface area (Å²) in [6.45, 7) is 0. The zero-order valence-electron chi connectivity index (χ0n) is 7.15. The van der Waals surface area contributed by atoms with Gasteiger partial charge in [-0.05, 0) is 6.07 Å². The van der Waals surface area contributed by atoms with Crippen LogP contribution >= 0.6 is 0 Å². The van der Waals surface area contributed by atoms with Crippen LogP contribution in [0.15, 0.2) is 29.3 Å². The lowest BCUT2D eigenvalue weighted by Gasteiger charge is -1.98. The van der Waals surface area contributed by atoms with Crippen molar-refractivity contribution in [1.82, 2.24) is 5.32 Å². The topological polar surface area (TPSA) is 84.6 Å². The highest BCUT2D eigenvalue weighted by molar-refractivity contribution is 6.17. The van der Waals surface area contributed by atoms with E-state index in [2.05, 4.69) is 10.3 Å². The van der Waals surface area contributed by atoms with Gasteiger partial charge >= 0.3 is 6.03 Å². The highest BCUT2D eigenvalue weighted by Gasteiger charge is 2.16. The van der Waals surface area contributed by atoms with Gasteiger partial charge in [0.1, 0.15) is 5.70 Å². The van der Waals surface area contributed by atoms with Gasteiger partial charge in [0.15, 0.2) is 0 Å². The Morgan fingerprint density at radius 1 is 1.36 bits per heavy atom. The molecule has 0 saturated carbocycles. The van der Waals surface area contributed by atoms with Crippen LogP contribution in [0.5, 0.6) is 0 Å². The monoisotopic (exact) mass is 189 g/mol. The van der Waals surface area contributed by atoms with Crippen LogP contribution in [0.1, 0.15) is 0 Å². The molecule has 1 aliphatic heterocycles. The van der Waals surface area contributed by atoms with Crippen LogP contribution in [0.4, 0.5) is 4.79 Å². The van der Waals surface area contributed by atoms with Gasteiger partial charge in [-0.2, -0.15) is 0 Å². The van der Waals surface area contributed by atoms with Crippen LogP contribution in [0.25, 0.3) is 5.70 Å². The number of urea groups is 1. The minimum absolute atomic E-state index is 0.146. The van der Waals surface area contributed by atoms with E-state index in [4.69, 9.17) is 5.73 Å². The second kappa shape index (κ2) is 2.95. The summed E-state index contributed by atoms with van der Waals surface area (Å²) in [4.78, 5) is 25.6. The third kappa shape index (κ3) is 1.24. The number of nitrogens with zero attached hydrogens (tertiary/aromatic N) is 1. The fourth-order valence-electron chi connectivity index (χ4n) is 1.31. The Morgan fingerprint density at radius 3 is 2.79 bits per heavy atom. The van der Waals surface area contributed by atoms with Gasteiger partial charge in [0.25, 0.3) is 5.91 Å². The molecular weight excluding hydrogens is 182 g/mol. The predicted molar refractivity (Wildman–Crippen MR) is 48.4 cm³/mol. The van der Waals surface area contributed by atoms with Gasteiger partial charge in [-0.25, -0.2) is 9.79 Å². The summed E-state index contributed by atoms with van der Waals surface area (Å²) in [6, 6.07) is 6.16. The summed E-state index contributed by atoms with van der Waals surface area (Å²) in [6.07, 6.45) is 0. The number of hydrogen-bond donors (Lipinski definition) is 2. The van der Waals surface area contributed by atoms with E-state index in [1.54, 1.807) is 24.3 Å². The summed E-state index contributed by atoms with van der Waals surface area (Å²) < 4.78 is 0. The third-order valence-corrected chi connectivity index (χ3v) is 1.86. The first-order chi connectivity index (χ1) is 6.68. The maximum Gasteiger partial charge on any atom is 0.316 e. The highest BCUT2D eigenvalue weighted by Crippen LogP contribution is 1.94. The summed E-state index contributed by atoms with van der Waals surface area (Å²) in [5.74, 6) is -0.468. The standard InChI is InChI=1S/C9H7N3O2/c10-9(14)12-7-5-3-1-2-4-6(5)11-8(7)13/h1-4H,(H3,10,11,12,13,14). The Hall–Kier alpha value is -2.17. The van der Waals surface area contributed by atoms with Crippen molar-refractivity contribution in [3.8, 4) is 0 Å². The van der Waals surface area contributed by atoms with Crippen LogP contribution in [0.2, 0.25) is 0 Å². The molecule has 3 N–H and O–H groups in total. The van der Waals surface area contributed by atoms with Crippen molar-refractivity contribution in [3.05, 3.63) is 34.8 Å². The molecule has 3 amide bonds. The molecule has 0 aromatic heterocycles. The first kappa shape index (κ1) is 8.43. The van der Waals surface area contributed by atoms with Gasteiger partial charge in [0.05, 0.1) is 5.36 Å². The van der Waals surface area contributed by atoms with Crippen LogP contribution in [-0.2, 0) is 4.79 Å². The Kier molecular flexibility index (Phi) is 1.78. The fourth-order valence-corrected chi connectivity index (χ4v) is 1.31. The van der Waals surface area contributed by atoms with E-state index in [1.807, 2.05) is 0 Å². The Bertz CT molecular complexity index is 533. The molecule has 0 bridgehead atoms. The molecule has 1 heterocycles. The number of hydrogen-bond acceptors (Lipinski definition) is 2. The fraction of sp³-hybridized carbons (Fsp3) is 0. The normalized spacial score (nSPS) is 13.4. The van der Waals surface area contributed by atoms with Gasteiger partial charge in [-0.15, -0.1) is 0 Å². The summed E-state index contributed by atoms with van der Waals surface area (Å²) in [5, 5.41) is 3.42. The molecule has 1 aromatic carbocycles. The number of nitrogens with one attached hydrogen (secondary N) is 1. The van der Waals surface area contributed by atoms with E-state index in [0.29, 0.717) is 10.6 Å². The van der Waals surface area contributed by atoms with Gasteiger partial charge in [-0.1, -0.05) is 18.2 Å². The number of para-hydroxylation sites is 1. The lowest BCUT2D eigenvalue weighted by Crippen LogP contribution is -2.35. The summed E-state index contributed by atoms with van der Waals surface area (Å²) in [5.41, 5.74) is 5.07. The molecule has 0 unspecified atom stereocenters. The molecule has 1 aromatic rings. The van der Waals surface area contributed by atoms with Crippen molar-refractivity contribution in [3.63, 3.8) is 0 Å². The molecule has 5 heteroatoms. The second-order valence-electron chi connectivity index (χ2n) is 2.80. The van der Waals surface area contributed by atoms with Gasteiger partial charge in [0, 0.05) is 5.22 Å². The zero-order valence-corrected chi connectivity index (χ0v) is 7.15. The number of carbonyl (C=O) groups excluding carboxylic acids is 2. The minimum Gasteiger partial charge on any atom is -0.351 e. The Balaban J connectivity index is 2.66. The number of fused-ring (bicyclic) bond motifs is 1. The maximum absolute atomic E-state index is 11.3. The molecule has 0 spiro atoms. The molecule has 0 aliphatic carbocycles. The largest absolute Gasteiger partial charge is 0.351 e. The highest BCUT2D eigenvalue weighted by atomic mass is 16.2. The first-order valence-corrected chi connectivity index (χ1v) is 3.97. The lowest BCUT2D eigenvalue weighted by atomic mass is 10.2. The van der Waals surface area contributed by atoms with Crippen molar-refractivity contribution in [2.24, 2.45) is 10.7 Å². The van der Waals surface area contributed by atoms with Crippen LogP contribution in [0.3, 0.4) is 0 Å². The Morgan fingerprint density at radius 2 is 2.07 bits per heavy atom. The van der Waals surface area contributed by atoms with Crippen LogP contribution < -0.4 is 21.6 Å². The van der Waals surface area contributed by atoms with E-state index in [-0.39, 0.29) is 5.70 Å². The smallest absolute Gasteiger partial charge is 0.316 e. The molecule has 1 aliphatic rings. The number of nitrogens with two attached hydrogens (primary N) is 1. The van der Waals surface area contributed by atoms with E-state index >= 15 is 0 Å². The molecule has 0 radical (unpaired) electrons. The average Bonchev–Trinajstić information content (AvgIpc) is 2.43. The van der Waals surface area contributed by atoms with E-state index in [1.165, 1.54) is 0 Å². The van der Waals surface area contributed by atoms with Gasteiger partial charge < -0.3 is 11.1 Å². The number of rotatable bonds is 1. The third-order valence-electron chi connectivity index (χ3n) is 1.86. The van der Waals surface area contributed by atoms with Crippen molar-refractivity contribution >= 4 is 17.6 Å². The summed E-state index contributed by atoms with van der Waals surface area (Å²) in [7, 11) is 0. The van der Waals surface area contributed by atoms with Crippen LogP contribution in [-0.4, -0.2) is 11.9 Å². The number of benzene rings is 1. The number of primary amides is 1. The van der Waals surface area contributed by atoms with Crippen LogP contribution in [0, 0.1) is 0 Å². The van der Waals surface area contributed by atoms with Crippen molar-refractivity contribution in [1.29, 1.82) is 0 Å². The minimum atomic E-state index is -0.764. The molecule has 14 heavy (non-hydrogen) atoms. The van der Waals surface area contributed by atoms with Crippen molar-refractivity contribution in [2.75, 3.05) is 0 Å². The molecule has 0 saturated heterocycles. The lowest BCUT2D eigenvalue weighted by molar-refractivity contribution is -0.112. The number of amides is 3. The van der Waals surface area contributed by atoms with Gasteiger partial charge in [-0.3, -0.25) is 4.79 Å². The molecule has 5 nitrogen and oxygen atoms in total. The quantitative estimate of drug-likeness (QED) is 0.570. The average molecular weight is 189 g/mol. The molecular formula is C9H7N3O2. The van der Waals surface area contributed by atoms with E-state index < -0.39 is 11.9 Å². The Labute approximate surface area is 78.9 Å².